The van der Waals surface area contributed by atoms with Gasteiger partial charge in [-0.3, -0.25) is 9.80 Å². The molecule has 0 unspecified atom stereocenters. The molecule has 4 heteroatoms. The van der Waals surface area contributed by atoms with Crippen LogP contribution in [0.15, 0.2) is 71.2 Å². The Bertz CT molecular complexity index is 993. The molecule has 1 aliphatic heterocycles. The van der Waals surface area contributed by atoms with Crippen LogP contribution in [0.3, 0.4) is 0 Å². The monoisotopic (exact) mass is 450 g/mol. The van der Waals surface area contributed by atoms with E-state index in [1.165, 1.54) is 21.9 Å². The minimum absolute atomic E-state index is 0.936. The number of benzene rings is 3. The molecule has 0 spiro atoms. The lowest BCUT2D eigenvalue weighted by Gasteiger charge is -2.34. The molecule has 0 radical (unpaired) electrons. The van der Waals surface area contributed by atoms with E-state index in [0.29, 0.717) is 0 Å². The van der Waals surface area contributed by atoms with Crippen molar-refractivity contribution < 1.29 is 4.74 Å². The molecule has 3 aromatic carbocycles. The molecule has 1 saturated heterocycles. The fourth-order valence-electron chi connectivity index (χ4n) is 3.96. The Labute approximate surface area is 181 Å². The quantitative estimate of drug-likeness (QED) is 0.496. The van der Waals surface area contributed by atoms with Crippen LogP contribution in [0.25, 0.3) is 16.8 Å². The van der Waals surface area contributed by atoms with E-state index in [-0.39, 0.29) is 0 Å². The maximum absolute atomic E-state index is 5.67. The van der Waals surface area contributed by atoms with Crippen LogP contribution in [0, 0.1) is 0 Å². The molecule has 0 amide bonds. The fourth-order valence-corrected chi connectivity index (χ4v) is 4.38. The third-order valence-corrected chi connectivity index (χ3v) is 6.35. The summed E-state index contributed by atoms with van der Waals surface area (Å²) >= 11 is 3.61. The second kappa shape index (κ2) is 9.57. The highest BCUT2D eigenvalue weighted by molar-refractivity contribution is 9.10. The SMILES string of the molecule is COc1ccc2ccccc2c1CN1CCN(C/C=C/c2ccccc2Br)CC1. The zero-order valence-electron chi connectivity index (χ0n) is 16.9. The number of methoxy groups -OCH3 is 1. The third kappa shape index (κ3) is 4.89. The fraction of sp³-hybridized carbons (Fsp3) is 0.280. The minimum Gasteiger partial charge on any atom is -0.496 e. The summed E-state index contributed by atoms with van der Waals surface area (Å²) in [6.07, 6.45) is 4.47. The minimum atomic E-state index is 0.936. The summed E-state index contributed by atoms with van der Waals surface area (Å²) < 4.78 is 6.81. The van der Waals surface area contributed by atoms with Crippen molar-refractivity contribution in [2.24, 2.45) is 0 Å². The smallest absolute Gasteiger partial charge is 0.123 e. The van der Waals surface area contributed by atoms with Gasteiger partial charge in [0.2, 0.25) is 0 Å². The number of nitrogens with zero attached hydrogens (tertiary/aromatic N) is 2. The average Bonchev–Trinajstić information content (AvgIpc) is 2.76. The molecule has 0 atom stereocenters. The van der Waals surface area contributed by atoms with Crippen molar-refractivity contribution in [2.45, 2.75) is 6.54 Å². The van der Waals surface area contributed by atoms with E-state index in [0.717, 1.165) is 49.5 Å². The number of piperazine rings is 1. The first-order chi connectivity index (χ1) is 14.2. The predicted octanol–water partition coefficient (Wildman–Crippen LogP) is 5.44. The van der Waals surface area contributed by atoms with Crippen LogP contribution in [-0.4, -0.2) is 49.6 Å². The van der Waals surface area contributed by atoms with Crippen molar-refractivity contribution in [3.8, 4) is 5.75 Å². The van der Waals surface area contributed by atoms with Gasteiger partial charge < -0.3 is 4.74 Å². The first kappa shape index (κ1) is 20.1. The van der Waals surface area contributed by atoms with Gasteiger partial charge in [0.15, 0.2) is 0 Å². The number of halogens is 1. The molecule has 0 bridgehead atoms. The first-order valence-corrected chi connectivity index (χ1v) is 10.9. The van der Waals surface area contributed by atoms with E-state index in [4.69, 9.17) is 4.74 Å². The van der Waals surface area contributed by atoms with Crippen molar-refractivity contribution in [2.75, 3.05) is 39.8 Å². The molecule has 0 N–H and O–H groups in total. The first-order valence-electron chi connectivity index (χ1n) is 10.1. The summed E-state index contributed by atoms with van der Waals surface area (Å²) in [5.41, 5.74) is 2.53. The number of rotatable bonds is 6. The van der Waals surface area contributed by atoms with Crippen LogP contribution in [0.1, 0.15) is 11.1 Å². The van der Waals surface area contributed by atoms with E-state index in [2.05, 4.69) is 92.5 Å². The molecule has 0 aliphatic carbocycles. The van der Waals surface area contributed by atoms with Crippen LogP contribution < -0.4 is 4.74 Å². The summed E-state index contributed by atoms with van der Waals surface area (Å²) in [5.74, 6) is 0.988. The van der Waals surface area contributed by atoms with Gasteiger partial charge in [-0.2, -0.15) is 0 Å². The van der Waals surface area contributed by atoms with Crippen molar-refractivity contribution in [1.29, 1.82) is 0 Å². The molecule has 1 heterocycles. The average molecular weight is 451 g/mol. The van der Waals surface area contributed by atoms with Gasteiger partial charge in [-0.25, -0.2) is 0 Å². The van der Waals surface area contributed by atoms with Crippen LogP contribution in [0.2, 0.25) is 0 Å². The largest absolute Gasteiger partial charge is 0.496 e. The number of fused-ring (bicyclic) bond motifs is 1. The molecule has 1 aliphatic rings. The topological polar surface area (TPSA) is 15.7 Å². The van der Waals surface area contributed by atoms with Gasteiger partial charge in [-0.05, 0) is 28.5 Å². The molecular weight excluding hydrogens is 424 g/mol. The highest BCUT2D eigenvalue weighted by Crippen LogP contribution is 2.29. The summed E-state index contributed by atoms with van der Waals surface area (Å²) in [5, 5.41) is 2.57. The van der Waals surface area contributed by atoms with E-state index in [1.54, 1.807) is 7.11 Å². The summed E-state index contributed by atoms with van der Waals surface area (Å²) in [7, 11) is 1.77. The van der Waals surface area contributed by atoms with Crippen LogP contribution in [-0.2, 0) is 6.54 Å². The van der Waals surface area contributed by atoms with Crippen molar-refractivity contribution in [3.05, 3.63) is 82.3 Å². The second-order valence-corrected chi connectivity index (χ2v) is 8.32. The van der Waals surface area contributed by atoms with Gasteiger partial charge in [0.1, 0.15) is 5.75 Å². The molecule has 0 saturated carbocycles. The standard InChI is InChI=1S/C25H27BrN2O/c1-29-25-13-12-20-7-2-4-10-22(20)23(25)19-28-17-15-27(16-18-28)14-6-9-21-8-3-5-11-24(21)26/h2-13H,14-19H2,1H3/b9-6+. The molecule has 3 nitrogen and oxygen atoms in total. The molecule has 150 valence electrons. The maximum Gasteiger partial charge on any atom is 0.123 e. The summed E-state index contributed by atoms with van der Waals surface area (Å²) in [6, 6.07) is 21.2. The maximum atomic E-state index is 5.67. The predicted molar refractivity (Wildman–Crippen MR) is 125 cm³/mol. The lowest BCUT2D eigenvalue weighted by molar-refractivity contribution is 0.136. The van der Waals surface area contributed by atoms with E-state index < -0.39 is 0 Å². The summed E-state index contributed by atoms with van der Waals surface area (Å²) in [6.45, 7) is 6.27. The molecule has 29 heavy (non-hydrogen) atoms. The molecule has 0 aromatic heterocycles. The normalized spacial score (nSPS) is 15.9. The van der Waals surface area contributed by atoms with Crippen molar-refractivity contribution >= 4 is 32.8 Å². The van der Waals surface area contributed by atoms with Gasteiger partial charge in [0.25, 0.3) is 0 Å². The lowest BCUT2D eigenvalue weighted by Crippen LogP contribution is -2.45. The Morgan fingerprint density at radius 1 is 0.897 bits per heavy atom. The highest BCUT2D eigenvalue weighted by Gasteiger charge is 2.18. The molecule has 1 fully saturated rings. The Morgan fingerprint density at radius 2 is 1.62 bits per heavy atom. The van der Waals surface area contributed by atoms with Gasteiger partial charge in [0.05, 0.1) is 7.11 Å². The molecule has 4 rings (SSSR count). The molecule has 3 aromatic rings. The van der Waals surface area contributed by atoms with E-state index in [9.17, 15) is 0 Å². The van der Waals surface area contributed by atoms with E-state index in [1.807, 2.05) is 6.07 Å². The van der Waals surface area contributed by atoms with Crippen LogP contribution in [0.4, 0.5) is 0 Å². The Balaban J connectivity index is 1.36. The Hall–Kier alpha value is -2.14. The van der Waals surface area contributed by atoms with Crippen LogP contribution >= 0.6 is 15.9 Å². The third-order valence-electron chi connectivity index (χ3n) is 5.63. The Morgan fingerprint density at radius 3 is 2.41 bits per heavy atom. The van der Waals surface area contributed by atoms with Crippen molar-refractivity contribution in [3.63, 3.8) is 0 Å². The zero-order chi connectivity index (χ0) is 20.1. The van der Waals surface area contributed by atoms with Gasteiger partial charge >= 0.3 is 0 Å². The highest BCUT2D eigenvalue weighted by atomic mass is 79.9. The number of hydrogen-bond acceptors (Lipinski definition) is 3. The lowest BCUT2D eigenvalue weighted by atomic mass is 10.0. The summed E-state index contributed by atoms with van der Waals surface area (Å²) in [4.78, 5) is 5.06. The van der Waals surface area contributed by atoms with Crippen molar-refractivity contribution in [1.82, 2.24) is 9.80 Å². The molecular formula is C25H27BrN2O. The number of ether oxygens (including phenoxy) is 1. The Kier molecular flexibility index (Phi) is 6.65. The van der Waals surface area contributed by atoms with E-state index >= 15 is 0 Å². The zero-order valence-corrected chi connectivity index (χ0v) is 18.4. The van der Waals surface area contributed by atoms with Gasteiger partial charge in [0, 0.05) is 49.3 Å². The van der Waals surface area contributed by atoms with Crippen LogP contribution in [0.5, 0.6) is 5.75 Å². The number of hydrogen-bond donors (Lipinski definition) is 0. The van der Waals surface area contributed by atoms with Gasteiger partial charge in [-0.15, -0.1) is 0 Å². The van der Waals surface area contributed by atoms with Gasteiger partial charge in [-0.1, -0.05) is 76.6 Å². The second-order valence-electron chi connectivity index (χ2n) is 7.47.